The summed E-state index contributed by atoms with van der Waals surface area (Å²) >= 11 is 0. The molecule has 10 heavy (non-hydrogen) atoms. The minimum absolute atomic E-state index is 0.213. The molecule has 0 unspecified atom stereocenters. The number of aliphatic hydroxyl groups is 2. The molecule has 0 bridgehead atoms. The van der Waals surface area contributed by atoms with Crippen LogP contribution < -0.4 is 0 Å². The third kappa shape index (κ3) is 2.77. The SMILES string of the molecule is C=C/C=C\C(O)=C(\O)C=C. The van der Waals surface area contributed by atoms with Crippen LogP contribution >= 0.6 is 0 Å². The zero-order valence-electron chi connectivity index (χ0n) is 5.62. The van der Waals surface area contributed by atoms with E-state index >= 15 is 0 Å². The topological polar surface area (TPSA) is 40.5 Å². The monoisotopic (exact) mass is 138 g/mol. The fourth-order valence-corrected chi connectivity index (χ4v) is 0.349. The van der Waals surface area contributed by atoms with Gasteiger partial charge < -0.3 is 10.2 Å². The fraction of sp³-hybridized carbons (Fsp3) is 0. The van der Waals surface area contributed by atoms with Crippen LogP contribution in [-0.2, 0) is 0 Å². The van der Waals surface area contributed by atoms with Gasteiger partial charge in [0, 0.05) is 0 Å². The highest BCUT2D eigenvalue weighted by Crippen LogP contribution is 1.99. The van der Waals surface area contributed by atoms with Crippen molar-refractivity contribution in [2.24, 2.45) is 0 Å². The largest absolute Gasteiger partial charge is 0.504 e. The Kier molecular flexibility index (Phi) is 3.80. The lowest BCUT2D eigenvalue weighted by Crippen LogP contribution is -1.81. The van der Waals surface area contributed by atoms with E-state index < -0.39 is 0 Å². The Labute approximate surface area is 60.1 Å². The second kappa shape index (κ2) is 4.44. The molecule has 0 aromatic carbocycles. The highest BCUT2D eigenvalue weighted by Gasteiger charge is 1.90. The first-order chi connectivity index (χ1) is 4.72. The van der Waals surface area contributed by atoms with Gasteiger partial charge in [0.1, 0.15) is 0 Å². The van der Waals surface area contributed by atoms with Crippen molar-refractivity contribution < 1.29 is 10.2 Å². The molecular formula is C8H10O2. The summed E-state index contributed by atoms with van der Waals surface area (Å²) in [4.78, 5) is 0. The number of aliphatic hydroxyl groups excluding tert-OH is 2. The van der Waals surface area contributed by atoms with Gasteiger partial charge in [-0.1, -0.05) is 25.3 Å². The average Bonchev–Trinajstić information content (AvgIpc) is 1.98. The quantitative estimate of drug-likeness (QED) is 0.463. The van der Waals surface area contributed by atoms with Crippen molar-refractivity contribution in [1.82, 2.24) is 0 Å². The molecule has 0 atom stereocenters. The molecular weight excluding hydrogens is 128 g/mol. The van der Waals surface area contributed by atoms with Gasteiger partial charge >= 0.3 is 0 Å². The molecule has 0 spiro atoms. The Morgan fingerprint density at radius 3 is 2.10 bits per heavy atom. The average molecular weight is 138 g/mol. The van der Waals surface area contributed by atoms with Gasteiger partial charge in [0.05, 0.1) is 0 Å². The summed E-state index contributed by atoms with van der Waals surface area (Å²) in [6, 6.07) is 0. The van der Waals surface area contributed by atoms with E-state index in [-0.39, 0.29) is 11.5 Å². The normalized spacial score (nSPS) is 12.8. The van der Waals surface area contributed by atoms with Gasteiger partial charge in [0.25, 0.3) is 0 Å². The molecule has 0 fully saturated rings. The van der Waals surface area contributed by atoms with Gasteiger partial charge in [-0.15, -0.1) is 0 Å². The van der Waals surface area contributed by atoms with E-state index in [1.54, 1.807) is 0 Å². The molecule has 2 nitrogen and oxygen atoms in total. The van der Waals surface area contributed by atoms with Crippen LogP contribution in [-0.4, -0.2) is 10.2 Å². The first kappa shape index (κ1) is 8.56. The number of allylic oxidation sites excluding steroid dienone is 4. The summed E-state index contributed by atoms with van der Waals surface area (Å²) in [5.41, 5.74) is 0. The molecule has 0 aliphatic carbocycles. The molecule has 0 heterocycles. The highest BCUT2D eigenvalue weighted by molar-refractivity contribution is 5.22. The van der Waals surface area contributed by atoms with Gasteiger partial charge in [-0.05, 0) is 12.2 Å². The van der Waals surface area contributed by atoms with Crippen LogP contribution in [0.15, 0.2) is 49.0 Å². The van der Waals surface area contributed by atoms with Crippen LogP contribution in [0.2, 0.25) is 0 Å². The van der Waals surface area contributed by atoms with Gasteiger partial charge in [-0.25, -0.2) is 0 Å². The summed E-state index contributed by atoms with van der Waals surface area (Å²) in [5, 5.41) is 17.7. The second-order valence-corrected chi connectivity index (χ2v) is 1.57. The smallest absolute Gasteiger partial charge is 0.157 e. The van der Waals surface area contributed by atoms with Crippen molar-refractivity contribution in [2.45, 2.75) is 0 Å². The molecule has 0 aliphatic heterocycles. The maximum atomic E-state index is 8.87. The zero-order valence-corrected chi connectivity index (χ0v) is 5.62. The van der Waals surface area contributed by atoms with Crippen LogP contribution in [0.4, 0.5) is 0 Å². The summed E-state index contributed by atoms with van der Waals surface area (Å²) in [6.07, 6.45) is 5.48. The van der Waals surface area contributed by atoms with E-state index in [1.807, 2.05) is 0 Å². The maximum absolute atomic E-state index is 8.87. The van der Waals surface area contributed by atoms with Crippen LogP contribution in [0.5, 0.6) is 0 Å². The molecule has 0 radical (unpaired) electrons. The third-order valence-corrected chi connectivity index (χ3v) is 0.846. The lowest BCUT2D eigenvalue weighted by Gasteiger charge is -1.91. The van der Waals surface area contributed by atoms with Crippen LogP contribution in [0.1, 0.15) is 0 Å². The summed E-state index contributed by atoms with van der Waals surface area (Å²) in [6.45, 7) is 6.65. The van der Waals surface area contributed by atoms with E-state index in [2.05, 4.69) is 13.2 Å². The zero-order chi connectivity index (χ0) is 7.98. The number of rotatable bonds is 3. The Balaban J connectivity index is 4.31. The standard InChI is InChI=1S/C8H10O2/c1-3-5-6-8(10)7(9)4-2/h3-6,9-10H,1-2H2/b6-5-,8-7-. The van der Waals surface area contributed by atoms with Crippen molar-refractivity contribution in [3.8, 4) is 0 Å². The van der Waals surface area contributed by atoms with Crippen molar-refractivity contribution in [2.75, 3.05) is 0 Å². The Bertz CT molecular complexity index is 187. The fourth-order valence-electron chi connectivity index (χ4n) is 0.349. The van der Waals surface area contributed by atoms with E-state index in [0.717, 1.165) is 6.08 Å². The van der Waals surface area contributed by atoms with E-state index in [9.17, 15) is 0 Å². The second-order valence-electron chi connectivity index (χ2n) is 1.57. The Hall–Kier alpha value is -1.44. The van der Waals surface area contributed by atoms with Crippen molar-refractivity contribution in [3.05, 3.63) is 49.0 Å². The molecule has 54 valence electrons. The molecule has 0 aromatic rings. The summed E-state index contributed by atoms with van der Waals surface area (Å²) in [7, 11) is 0. The maximum Gasteiger partial charge on any atom is 0.157 e. The van der Waals surface area contributed by atoms with Crippen LogP contribution in [0.25, 0.3) is 0 Å². The van der Waals surface area contributed by atoms with Gasteiger partial charge in [0.2, 0.25) is 0 Å². The molecule has 0 amide bonds. The number of hydrogen-bond donors (Lipinski definition) is 2. The predicted octanol–water partition coefficient (Wildman–Crippen LogP) is 2.24. The number of hydrogen-bond acceptors (Lipinski definition) is 2. The van der Waals surface area contributed by atoms with Crippen LogP contribution in [0.3, 0.4) is 0 Å². The van der Waals surface area contributed by atoms with Crippen molar-refractivity contribution in [1.29, 1.82) is 0 Å². The summed E-state index contributed by atoms with van der Waals surface area (Å²) < 4.78 is 0. The molecule has 2 N–H and O–H groups in total. The van der Waals surface area contributed by atoms with Crippen molar-refractivity contribution >= 4 is 0 Å². The molecule has 0 rings (SSSR count). The first-order valence-electron chi connectivity index (χ1n) is 2.76. The van der Waals surface area contributed by atoms with E-state index in [4.69, 9.17) is 10.2 Å². The Morgan fingerprint density at radius 2 is 1.70 bits per heavy atom. The van der Waals surface area contributed by atoms with Gasteiger partial charge in [-0.2, -0.15) is 0 Å². The molecule has 0 saturated heterocycles. The predicted molar refractivity (Wildman–Crippen MR) is 41.8 cm³/mol. The third-order valence-electron chi connectivity index (χ3n) is 0.846. The van der Waals surface area contributed by atoms with Crippen molar-refractivity contribution in [3.63, 3.8) is 0 Å². The first-order valence-corrected chi connectivity index (χ1v) is 2.76. The lowest BCUT2D eigenvalue weighted by molar-refractivity contribution is 0.352. The Morgan fingerprint density at radius 1 is 1.10 bits per heavy atom. The molecule has 2 heteroatoms. The summed E-state index contributed by atoms with van der Waals surface area (Å²) in [5.74, 6) is -0.451. The lowest BCUT2D eigenvalue weighted by atomic mass is 10.3. The minimum atomic E-state index is -0.238. The van der Waals surface area contributed by atoms with Gasteiger partial charge in [-0.3, -0.25) is 0 Å². The van der Waals surface area contributed by atoms with Gasteiger partial charge in [0.15, 0.2) is 11.5 Å². The van der Waals surface area contributed by atoms with Crippen LogP contribution in [0, 0.1) is 0 Å². The van der Waals surface area contributed by atoms with E-state index in [1.165, 1.54) is 18.2 Å². The highest BCUT2D eigenvalue weighted by atomic mass is 16.3. The van der Waals surface area contributed by atoms with E-state index in [0.29, 0.717) is 0 Å². The molecule has 0 aliphatic rings. The molecule has 0 saturated carbocycles. The minimum Gasteiger partial charge on any atom is -0.504 e. The molecule has 0 aromatic heterocycles.